The van der Waals surface area contributed by atoms with Crippen molar-refractivity contribution >= 4 is 34.5 Å². The summed E-state index contributed by atoms with van der Waals surface area (Å²) >= 11 is 12.8. The van der Waals surface area contributed by atoms with Gasteiger partial charge in [0.25, 0.3) is 0 Å². The molecule has 0 radical (unpaired) electrons. The van der Waals surface area contributed by atoms with E-state index in [0.29, 0.717) is 16.0 Å². The van der Waals surface area contributed by atoms with E-state index in [9.17, 15) is 0 Å². The van der Waals surface area contributed by atoms with Crippen molar-refractivity contribution in [3.63, 3.8) is 0 Å². The molecule has 3 nitrogen and oxygen atoms in total. The lowest BCUT2D eigenvalue weighted by Gasteiger charge is -1.94. The van der Waals surface area contributed by atoms with Crippen LogP contribution in [0, 0.1) is 0 Å². The molecule has 13 heavy (non-hydrogen) atoms. The van der Waals surface area contributed by atoms with Crippen molar-refractivity contribution in [3.05, 3.63) is 33.0 Å². The van der Waals surface area contributed by atoms with Gasteiger partial charge in [0.15, 0.2) is 4.47 Å². The smallest absolute Gasteiger partial charge is 0.183 e. The topological polar surface area (TPSA) is 30.7 Å². The van der Waals surface area contributed by atoms with Crippen LogP contribution in [0.5, 0.6) is 0 Å². The summed E-state index contributed by atoms with van der Waals surface area (Å²) in [6.45, 7) is 0.664. The van der Waals surface area contributed by atoms with Crippen LogP contribution in [-0.2, 0) is 6.54 Å². The van der Waals surface area contributed by atoms with Crippen LogP contribution in [0.3, 0.4) is 0 Å². The van der Waals surface area contributed by atoms with Crippen molar-refractivity contribution in [1.82, 2.24) is 14.8 Å². The number of thiazole rings is 1. The molecule has 2 heterocycles. The van der Waals surface area contributed by atoms with Crippen LogP contribution in [0.2, 0.25) is 9.49 Å². The van der Waals surface area contributed by atoms with Crippen molar-refractivity contribution < 1.29 is 0 Å². The second-order valence-corrected chi connectivity index (χ2v) is 4.57. The maximum absolute atomic E-state index is 5.71. The van der Waals surface area contributed by atoms with Gasteiger partial charge in [0.05, 0.1) is 17.8 Å². The zero-order valence-corrected chi connectivity index (χ0v) is 8.77. The van der Waals surface area contributed by atoms with Crippen LogP contribution >= 0.6 is 34.5 Å². The molecule has 0 spiro atoms. The molecule has 0 atom stereocenters. The third-order valence-corrected chi connectivity index (χ3v) is 2.74. The summed E-state index contributed by atoms with van der Waals surface area (Å²) in [4.78, 5) is 4.99. The van der Waals surface area contributed by atoms with Gasteiger partial charge in [0.2, 0.25) is 0 Å². The van der Waals surface area contributed by atoms with E-state index in [4.69, 9.17) is 23.2 Å². The number of aromatic nitrogens is 3. The van der Waals surface area contributed by atoms with Crippen molar-refractivity contribution in [3.8, 4) is 0 Å². The maximum Gasteiger partial charge on any atom is 0.183 e. The van der Waals surface area contributed by atoms with Crippen LogP contribution in [0.25, 0.3) is 0 Å². The van der Waals surface area contributed by atoms with Crippen molar-refractivity contribution in [1.29, 1.82) is 0 Å². The molecule has 2 aromatic rings. The Labute approximate surface area is 88.9 Å². The second kappa shape index (κ2) is 3.65. The van der Waals surface area contributed by atoms with Crippen molar-refractivity contribution in [2.75, 3.05) is 0 Å². The molecule has 6 heteroatoms. The second-order valence-electron chi connectivity index (χ2n) is 2.44. The normalized spacial score (nSPS) is 10.6. The Morgan fingerprint density at radius 2 is 2.23 bits per heavy atom. The Morgan fingerprint density at radius 1 is 1.38 bits per heavy atom. The minimum Gasteiger partial charge on any atom is -0.266 e. The molecule has 0 saturated heterocycles. The molecular weight excluding hydrogens is 229 g/mol. The van der Waals surface area contributed by atoms with E-state index in [2.05, 4.69) is 10.1 Å². The molecule has 0 amide bonds. The van der Waals surface area contributed by atoms with Crippen LogP contribution in [0.1, 0.15) is 4.88 Å². The molecule has 0 aliphatic rings. The highest BCUT2D eigenvalue weighted by Crippen LogP contribution is 2.18. The highest BCUT2D eigenvalue weighted by molar-refractivity contribution is 7.15. The average molecular weight is 234 g/mol. The summed E-state index contributed by atoms with van der Waals surface area (Å²) in [7, 11) is 0. The van der Waals surface area contributed by atoms with E-state index in [-0.39, 0.29) is 0 Å². The molecule has 0 saturated carbocycles. The van der Waals surface area contributed by atoms with Gasteiger partial charge in [-0.1, -0.05) is 23.2 Å². The standard InChI is InChI=1S/C7H5Cl2N3S/c8-5-1-11-12(3-5)4-6-2-10-7(9)13-6/h1-3H,4H2. The molecule has 0 fully saturated rings. The molecule has 0 N–H and O–H groups in total. The summed E-state index contributed by atoms with van der Waals surface area (Å²) in [5.74, 6) is 0. The average Bonchev–Trinajstić information content (AvgIpc) is 2.62. The first kappa shape index (κ1) is 8.99. The van der Waals surface area contributed by atoms with Crippen LogP contribution in [0.15, 0.2) is 18.6 Å². The fourth-order valence-corrected chi connectivity index (χ4v) is 2.07. The molecule has 2 aromatic heterocycles. The van der Waals surface area contributed by atoms with E-state index in [1.165, 1.54) is 11.3 Å². The third kappa shape index (κ3) is 2.21. The lowest BCUT2D eigenvalue weighted by molar-refractivity contribution is 0.694. The Balaban J connectivity index is 2.14. The summed E-state index contributed by atoms with van der Waals surface area (Å²) in [5.41, 5.74) is 0. The van der Waals surface area contributed by atoms with Gasteiger partial charge in [-0.05, 0) is 0 Å². The van der Waals surface area contributed by atoms with Crippen LogP contribution in [0.4, 0.5) is 0 Å². The maximum atomic E-state index is 5.71. The Bertz CT molecular complexity index is 371. The third-order valence-electron chi connectivity index (χ3n) is 1.44. The monoisotopic (exact) mass is 233 g/mol. The number of hydrogen-bond donors (Lipinski definition) is 0. The van der Waals surface area contributed by atoms with E-state index in [0.717, 1.165) is 4.88 Å². The van der Waals surface area contributed by atoms with Gasteiger partial charge < -0.3 is 0 Å². The first-order valence-corrected chi connectivity index (χ1v) is 5.09. The summed E-state index contributed by atoms with van der Waals surface area (Å²) < 4.78 is 2.29. The fraction of sp³-hybridized carbons (Fsp3) is 0.143. The minimum absolute atomic E-state index is 0.549. The number of rotatable bonds is 2. The molecule has 2 rings (SSSR count). The van der Waals surface area contributed by atoms with Gasteiger partial charge in [-0.2, -0.15) is 5.10 Å². The molecular formula is C7H5Cl2N3S. The summed E-state index contributed by atoms with van der Waals surface area (Å²) in [6, 6.07) is 0. The molecule has 0 aliphatic carbocycles. The van der Waals surface area contributed by atoms with E-state index in [1.807, 2.05) is 0 Å². The summed E-state index contributed by atoms with van der Waals surface area (Å²) in [6.07, 6.45) is 5.10. The summed E-state index contributed by atoms with van der Waals surface area (Å²) in [5, 5.41) is 4.68. The molecule has 0 aromatic carbocycles. The predicted octanol–water partition coefficient (Wildman–Crippen LogP) is 2.69. The number of halogens is 2. The highest BCUT2D eigenvalue weighted by atomic mass is 35.5. The van der Waals surface area contributed by atoms with Gasteiger partial charge in [0, 0.05) is 17.3 Å². The Morgan fingerprint density at radius 3 is 2.77 bits per heavy atom. The van der Waals surface area contributed by atoms with Crippen molar-refractivity contribution in [2.24, 2.45) is 0 Å². The molecule has 68 valence electrons. The number of hydrogen-bond acceptors (Lipinski definition) is 3. The minimum atomic E-state index is 0.549. The largest absolute Gasteiger partial charge is 0.266 e. The molecule has 0 unspecified atom stereocenters. The molecule has 0 bridgehead atoms. The first-order chi connectivity index (χ1) is 6.24. The van der Waals surface area contributed by atoms with Gasteiger partial charge >= 0.3 is 0 Å². The van der Waals surface area contributed by atoms with Crippen LogP contribution in [-0.4, -0.2) is 14.8 Å². The highest BCUT2D eigenvalue weighted by Gasteiger charge is 2.01. The van der Waals surface area contributed by atoms with E-state index >= 15 is 0 Å². The zero-order chi connectivity index (χ0) is 9.26. The van der Waals surface area contributed by atoms with Gasteiger partial charge in [-0.25, -0.2) is 4.98 Å². The quantitative estimate of drug-likeness (QED) is 0.799. The van der Waals surface area contributed by atoms with Gasteiger partial charge in [0.1, 0.15) is 0 Å². The Kier molecular flexibility index (Phi) is 2.53. The van der Waals surface area contributed by atoms with Crippen molar-refractivity contribution in [2.45, 2.75) is 6.54 Å². The SMILES string of the molecule is Clc1cnn(Cc2cnc(Cl)s2)c1. The lowest BCUT2D eigenvalue weighted by atomic mass is 10.5. The first-order valence-electron chi connectivity index (χ1n) is 3.52. The van der Waals surface area contributed by atoms with Crippen LogP contribution < -0.4 is 0 Å². The zero-order valence-electron chi connectivity index (χ0n) is 6.44. The molecule has 0 aliphatic heterocycles. The van der Waals surface area contributed by atoms with E-state index < -0.39 is 0 Å². The van der Waals surface area contributed by atoms with E-state index in [1.54, 1.807) is 23.3 Å². The fourth-order valence-electron chi connectivity index (χ4n) is 0.941. The van der Waals surface area contributed by atoms with Gasteiger partial charge in [-0.15, -0.1) is 11.3 Å². The lowest BCUT2D eigenvalue weighted by Crippen LogP contribution is -1.97. The Hall–Kier alpha value is -0.580. The predicted molar refractivity (Wildman–Crippen MR) is 53.5 cm³/mol. The van der Waals surface area contributed by atoms with Gasteiger partial charge in [-0.3, -0.25) is 4.68 Å². The number of nitrogens with zero attached hydrogens (tertiary/aromatic N) is 3.